The molecule has 1 aliphatic rings. The van der Waals surface area contributed by atoms with E-state index in [9.17, 15) is 13.2 Å². The molecular weight excluding hydrogens is 466 g/mol. The Kier molecular flexibility index (Phi) is 7.42. The first-order valence-corrected chi connectivity index (χ1v) is 12.9. The molecule has 0 aromatic heterocycles. The van der Waals surface area contributed by atoms with Gasteiger partial charge in [-0.25, -0.2) is 0 Å². The monoisotopic (exact) mass is 495 g/mol. The van der Waals surface area contributed by atoms with Crippen LogP contribution in [-0.2, 0) is 25.5 Å². The Morgan fingerprint density at radius 2 is 1.74 bits per heavy atom. The molecule has 0 fully saturated rings. The number of carbonyl (C=O) groups is 1. The Hall–Kier alpha value is -3.36. The fraction of sp³-hybridized carbons (Fsp3) is 0.296. The summed E-state index contributed by atoms with van der Waals surface area (Å²) >= 11 is 0. The van der Waals surface area contributed by atoms with Gasteiger partial charge in [-0.1, -0.05) is 54.1 Å². The van der Waals surface area contributed by atoms with Crippen molar-refractivity contribution >= 4 is 16.0 Å². The number of nitrogens with one attached hydrogen (secondary N) is 1. The van der Waals surface area contributed by atoms with E-state index in [4.69, 9.17) is 13.7 Å². The first kappa shape index (κ1) is 24.8. The SMILES string of the molecule is Cc1ccc(S(=O)(=O)O[C@H](C)Cc2ccc3c(c2)OC[C@H](C(=O)N[C@@H](C)c2ccccc2)O3)cc1. The number of amides is 1. The lowest BCUT2D eigenvalue weighted by molar-refractivity contribution is -0.131. The quantitative estimate of drug-likeness (QED) is 0.467. The van der Waals surface area contributed by atoms with Crippen molar-refractivity contribution < 1.29 is 26.9 Å². The van der Waals surface area contributed by atoms with Crippen LogP contribution in [0, 0.1) is 6.92 Å². The lowest BCUT2D eigenvalue weighted by Crippen LogP contribution is -2.44. The van der Waals surface area contributed by atoms with Crippen LogP contribution in [0.4, 0.5) is 0 Å². The summed E-state index contributed by atoms with van der Waals surface area (Å²) in [5.41, 5.74) is 2.81. The van der Waals surface area contributed by atoms with Crippen LogP contribution < -0.4 is 14.8 Å². The number of ether oxygens (including phenoxy) is 2. The minimum absolute atomic E-state index is 0.0810. The largest absolute Gasteiger partial charge is 0.485 e. The topological polar surface area (TPSA) is 90.9 Å². The normalized spacial score (nSPS) is 16.8. The number of hydrogen-bond acceptors (Lipinski definition) is 6. The van der Waals surface area contributed by atoms with E-state index in [2.05, 4.69) is 5.32 Å². The Morgan fingerprint density at radius 3 is 2.46 bits per heavy atom. The fourth-order valence-corrected chi connectivity index (χ4v) is 4.93. The van der Waals surface area contributed by atoms with Crippen LogP contribution in [0.15, 0.2) is 77.7 Å². The standard InChI is InChI=1S/C27H29NO6S/c1-18-9-12-23(13-10-18)35(30,31)34-19(2)15-21-11-14-24-25(16-21)32-17-26(33-24)27(29)28-20(3)22-7-5-4-6-8-22/h4-14,16,19-20,26H,15,17H2,1-3H3,(H,28,29)/t19-,20+,26-/m1/s1. The number of fused-ring (bicyclic) bond motifs is 1. The summed E-state index contributed by atoms with van der Waals surface area (Å²) in [5, 5.41) is 2.96. The van der Waals surface area contributed by atoms with E-state index < -0.39 is 22.3 Å². The van der Waals surface area contributed by atoms with Crippen molar-refractivity contribution in [3.8, 4) is 11.5 Å². The van der Waals surface area contributed by atoms with E-state index in [0.29, 0.717) is 17.9 Å². The van der Waals surface area contributed by atoms with Gasteiger partial charge in [0.25, 0.3) is 16.0 Å². The van der Waals surface area contributed by atoms with Gasteiger partial charge < -0.3 is 14.8 Å². The van der Waals surface area contributed by atoms with Gasteiger partial charge in [0.1, 0.15) is 6.61 Å². The van der Waals surface area contributed by atoms with Gasteiger partial charge in [-0.15, -0.1) is 0 Å². The molecule has 7 nitrogen and oxygen atoms in total. The molecule has 0 radical (unpaired) electrons. The van der Waals surface area contributed by atoms with Crippen LogP contribution in [0.25, 0.3) is 0 Å². The number of benzene rings is 3. The Balaban J connectivity index is 1.35. The van der Waals surface area contributed by atoms with Gasteiger partial charge in [-0.2, -0.15) is 8.42 Å². The van der Waals surface area contributed by atoms with Crippen LogP contribution in [0.1, 0.15) is 36.6 Å². The Morgan fingerprint density at radius 1 is 1.03 bits per heavy atom. The van der Waals surface area contributed by atoms with E-state index in [1.165, 1.54) is 12.1 Å². The van der Waals surface area contributed by atoms with E-state index >= 15 is 0 Å². The van der Waals surface area contributed by atoms with Crippen LogP contribution in [0.5, 0.6) is 11.5 Å². The summed E-state index contributed by atoms with van der Waals surface area (Å²) in [5.74, 6) is 0.726. The summed E-state index contributed by atoms with van der Waals surface area (Å²) in [6.45, 7) is 5.59. The third-order valence-electron chi connectivity index (χ3n) is 5.74. The Labute approximate surface area is 206 Å². The molecule has 1 amide bonds. The predicted octanol–water partition coefficient (Wildman–Crippen LogP) is 4.35. The molecule has 0 spiro atoms. The van der Waals surface area contributed by atoms with Gasteiger partial charge in [0.05, 0.1) is 17.0 Å². The van der Waals surface area contributed by atoms with E-state index in [1.807, 2.05) is 50.2 Å². The van der Waals surface area contributed by atoms with Crippen molar-refractivity contribution in [3.63, 3.8) is 0 Å². The minimum Gasteiger partial charge on any atom is -0.485 e. The summed E-state index contributed by atoms with van der Waals surface area (Å²) in [6, 6.07) is 21.4. The summed E-state index contributed by atoms with van der Waals surface area (Å²) in [6.07, 6.45) is -0.983. The molecule has 1 N–H and O–H groups in total. The van der Waals surface area contributed by atoms with Gasteiger partial charge in [0.2, 0.25) is 6.10 Å². The molecule has 0 unspecified atom stereocenters. The van der Waals surface area contributed by atoms with E-state index in [-0.39, 0.29) is 23.5 Å². The maximum absolute atomic E-state index is 12.7. The van der Waals surface area contributed by atoms with Gasteiger partial charge in [-0.05, 0) is 62.6 Å². The number of rotatable bonds is 8. The lowest BCUT2D eigenvalue weighted by atomic mass is 10.1. The first-order valence-electron chi connectivity index (χ1n) is 11.5. The molecule has 3 aromatic carbocycles. The molecule has 0 bridgehead atoms. The van der Waals surface area contributed by atoms with Crippen molar-refractivity contribution in [2.75, 3.05) is 6.61 Å². The van der Waals surface area contributed by atoms with Crippen LogP contribution in [0.3, 0.4) is 0 Å². The van der Waals surface area contributed by atoms with Gasteiger partial charge in [0, 0.05) is 0 Å². The molecule has 3 aromatic rings. The minimum atomic E-state index is -3.86. The van der Waals surface area contributed by atoms with Gasteiger partial charge in [0.15, 0.2) is 11.5 Å². The molecule has 0 aliphatic carbocycles. The van der Waals surface area contributed by atoms with Crippen molar-refractivity contribution in [3.05, 3.63) is 89.5 Å². The van der Waals surface area contributed by atoms with Gasteiger partial charge in [-0.3, -0.25) is 8.98 Å². The molecule has 1 heterocycles. The third kappa shape index (κ3) is 6.21. The van der Waals surface area contributed by atoms with Crippen molar-refractivity contribution in [1.82, 2.24) is 5.32 Å². The summed E-state index contributed by atoms with van der Waals surface area (Å²) in [7, 11) is -3.86. The smallest absolute Gasteiger partial charge is 0.297 e. The zero-order valence-electron chi connectivity index (χ0n) is 19.9. The average molecular weight is 496 g/mol. The fourth-order valence-electron chi connectivity index (χ4n) is 3.85. The van der Waals surface area contributed by atoms with Crippen molar-refractivity contribution in [2.24, 2.45) is 0 Å². The molecule has 35 heavy (non-hydrogen) atoms. The summed E-state index contributed by atoms with van der Waals surface area (Å²) in [4.78, 5) is 12.8. The highest BCUT2D eigenvalue weighted by Crippen LogP contribution is 2.33. The van der Waals surface area contributed by atoms with E-state index in [1.54, 1.807) is 31.2 Å². The zero-order chi connectivity index (χ0) is 25.0. The molecule has 3 atom stereocenters. The highest BCUT2D eigenvalue weighted by Gasteiger charge is 2.29. The van der Waals surface area contributed by atoms with Gasteiger partial charge >= 0.3 is 0 Å². The molecule has 8 heteroatoms. The highest BCUT2D eigenvalue weighted by atomic mass is 32.2. The van der Waals surface area contributed by atoms with Crippen LogP contribution >= 0.6 is 0 Å². The lowest BCUT2D eigenvalue weighted by Gasteiger charge is -2.27. The maximum atomic E-state index is 12.7. The second-order valence-corrected chi connectivity index (χ2v) is 10.3. The van der Waals surface area contributed by atoms with Crippen LogP contribution in [0.2, 0.25) is 0 Å². The van der Waals surface area contributed by atoms with Crippen molar-refractivity contribution in [1.29, 1.82) is 0 Å². The second kappa shape index (κ2) is 10.5. The second-order valence-electron chi connectivity index (χ2n) is 8.72. The third-order valence-corrected chi connectivity index (χ3v) is 7.17. The number of carbonyl (C=O) groups excluding carboxylic acids is 1. The molecule has 184 valence electrons. The Bertz CT molecular complexity index is 1270. The molecular formula is C27H29NO6S. The first-order chi connectivity index (χ1) is 16.7. The summed E-state index contributed by atoms with van der Waals surface area (Å²) < 4.78 is 42.1. The molecule has 0 saturated heterocycles. The van der Waals surface area contributed by atoms with Crippen LogP contribution in [-0.4, -0.2) is 33.1 Å². The maximum Gasteiger partial charge on any atom is 0.297 e. The number of aryl methyl sites for hydroxylation is 1. The predicted molar refractivity (Wildman–Crippen MR) is 132 cm³/mol. The average Bonchev–Trinajstić information content (AvgIpc) is 2.84. The highest BCUT2D eigenvalue weighted by molar-refractivity contribution is 7.86. The number of hydrogen-bond donors (Lipinski definition) is 1. The molecule has 1 aliphatic heterocycles. The zero-order valence-corrected chi connectivity index (χ0v) is 20.7. The van der Waals surface area contributed by atoms with Crippen molar-refractivity contribution in [2.45, 2.75) is 50.3 Å². The van der Waals surface area contributed by atoms with E-state index in [0.717, 1.165) is 16.7 Å². The molecule has 0 saturated carbocycles. The molecule has 4 rings (SSSR count).